The number of likely N-dealkylation sites (tertiary alicyclic amines) is 1. The second-order valence-corrected chi connectivity index (χ2v) is 5.99. The van der Waals surface area contributed by atoms with Gasteiger partial charge in [0.1, 0.15) is 5.69 Å². The van der Waals surface area contributed by atoms with Crippen molar-refractivity contribution < 1.29 is 4.79 Å². The van der Waals surface area contributed by atoms with E-state index >= 15 is 0 Å². The van der Waals surface area contributed by atoms with Crippen molar-refractivity contribution in [3.8, 4) is 0 Å². The summed E-state index contributed by atoms with van der Waals surface area (Å²) in [5, 5.41) is 4.34. The largest absolute Gasteiger partial charge is 0.291 e. The van der Waals surface area contributed by atoms with Gasteiger partial charge in [-0.3, -0.25) is 14.4 Å². The predicted molar refractivity (Wildman–Crippen MR) is 74.2 cm³/mol. The Bertz CT molecular complexity index is 454. The van der Waals surface area contributed by atoms with Crippen molar-refractivity contribution >= 4 is 5.78 Å². The second-order valence-electron chi connectivity index (χ2n) is 5.99. The lowest BCUT2D eigenvalue weighted by Gasteiger charge is -2.42. The highest BCUT2D eigenvalue weighted by Crippen LogP contribution is 2.39. The Balaban J connectivity index is 1.89. The van der Waals surface area contributed by atoms with Gasteiger partial charge < -0.3 is 0 Å². The van der Waals surface area contributed by atoms with Crippen molar-refractivity contribution in [3.05, 3.63) is 18.0 Å². The van der Waals surface area contributed by atoms with Crippen LogP contribution in [0.5, 0.6) is 0 Å². The zero-order valence-electron chi connectivity index (χ0n) is 11.8. The first-order valence-electron chi connectivity index (χ1n) is 7.52. The van der Waals surface area contributed by atoms with Crippen LogP contribution in [-0.4, -0.2) is 39.1 Å². The molecule has 1 aliphatic heterocycles. The van der Waals surface area contributed by atoms with Crippen molar-refractivity contribution in [2.45, 2.75) is 50.5 Å². The molecule has 1 aromatic heterocycles. The number of aryl methyl sites for hydroxylation is 1. The lowest BCUT2D eigenvalue weighted by atomic mass is 9.86. The fraction of sp³-hybridized carbons (Fsp3) is 0.733. The van der Waals surface area contributed by atoms with Crippen molar-refractivity contribution in [1.82, 2.24) is 14.7 Å². The fourth-order valence-electron chi connectivity index (χ4n) is 3.74. The minimum atomic E-state index is -0.241. The van der Waals surface area contributed by atoms with Crippen LogP contribution in [0.1, 0.15) is 55.4 Å². The van der Waals surface area contributed by atoms with Crippen LogP contribution in [0.4, 0.5) is 0 Å². The van der Waals surface area contributed by atoms with Gasteiger partial charge in [0.25, 0.3) is 0 Å². The summed E-state index contributed by atoms with van der Waals surface area (Å²) in [5.41, 5.74) is 0.407. The first-order chi connectivity index (χ1) is 9.22. The maximum atomic E-state index is 13.0. The summed E-state index contributed by atoms with van der Waals surface area (Å²) in [4.78, 5) is 15.4. The lowest BCUT2D eigenvalue weighted by Crippen LogP contribution is -2.54. The van der Waals surface area contributed by atoms with Crippen LogP contribution in [0.25, 0.3) is 0 Å². The van der Waals surface area contributed by atoms with Gasteiger partial charge in [-0.15, -0.1) is 0 Å². The number of rotatable bonds is 3. The SMILES string of the molecule is Cn1ccc(C(=O)C2(N3CCCCC3)CCCC2)n1. The topological polar surface area (TPSA) is 38.1 Å². The number of carbonyl (C=O) groups excluding carboxylic acids is 1. The molecule has 19 heavy (non-hydrogen) atoms. The van der Waals surface area contributed by atoms with E-state index in [1.54, 1.807) is 4.68 Å². The molecule has 0 atom stereocenters. The Morgan fingerprint density at radius 1 is 1.16 bits per heavy atom. The molecule has 0 amide bonds. The number of aromatic nitrogens is 2. The molecule has 4 heteroatoms. The Morgan fingerprint density at radius 2 is 1.84 bits per heavy atom. The maximum absolute atomic E-state index is 13.0. The molecule has 0 unspecified atom stereocenters. The molecule has 2 fully saturated rings. The number of hydrogen-bond acceptors (Lipinski definition) is 3. The highest BCUT2D eigenvalue weighted by molar-refractivity contribution is 6.01. The molecule has 4 nitrogen and oxygen atoms in total. The number of carbonyl (C=O) groups is 1. The standard InChI is InChI=1S/C15H23N3O/c1-17-12-7-13(16-17)14(19)15(8-3-4-9-15)18-10-5-2-6-11-18/h7,12H,2-6,8-11H2,1H3. The summed E-state index contributed by atoms with van der Waals surface area (Å²) in [5.74, 6) is 0.257. The zero-order chi connectivity index (χ0) is 13.3. The van der Waals surface area contributed by atoms with E-state index in [1.165, 1.54) is 32.1 Å². The summed E-state index contributed by atoms with van der Waals surface area (Å²) in [6, 6.07) is 1.87. The smallest absolute Gasteiger partial charge is 0.203 e. The molecular weight excluding hydrogens is 238 g/mol. The fourth-order valence-corrected chi connectivity index (χ4v) is 3.74. The molecule has 0 spiro atoms. The van der Waals surface area contributed by atoms with E-state index in [4.69, 9.17) is 0 Å². The van der Waals surface area contributed by atoms with Gasteiger partial charge in [0, 0.05) is 13.2 Å². The second kappa shape index (κ2) is 5.08. The number of nitrogens with zero attached hydrogens (tertiary/aromatic N) is 3. The van der Waals surface area contributed by atoms with E-state index in [2.05, 4.69) is 10.00 Å². The normalized spacial score (nSPS) is 23.6. The number of piperidine rings is 1. The highest BCUT2D eigenvalue weighted by Gasteiger charge is 2.47. The summed E-state index contributed by atoms with van der Waals surface area (Å²) in [7, 11) is 1.87. The summed E-state index contributed by atoms with van der Waals surface area (Å²) in [6.45, 7) is 2.16. The van der Waals surface area contributed by atoms with Crippen molar-refractivity contribution in [2.24, 2.45) is 7.05 Å². The average Bonchev–Trinajstić information content (AvgIpc) is 3.08. The zero-order valence-corrected chi connectivity index (χ0v) is 11.8. The minimum absolute atomic E-state index is 0.241. The van der Waals surface area contributed by atoms with E-state index in [1.807, 2.05) is 19.3 Å². The minimum Gasteiger partial charge on any atom is -0.291 e. The summed E-state index contributed by atoms with van der Waals surface area (Å²) >= 11 is 0. The molecule has 2 aliphatic rings. The number of hydrogen-bond donors (Lipinski definition) is 0. The first-order valence-corrected chi connectivity index (χ1v) is 7.52. The van der Waals surface area contributed by atoms with Crippen molar-refractivity contribution in [2.75, 3.05) is 13.1 Å². The third-order valence-electron chi connectivity index (χ3n) is 4.76. The van der Waals surface area contributed by atoms with Gasteiger partial charge in [0.15, 0.2) is 0 Å². The van der Waals surface area contributed by atoms with E-state index < -0.39 is 0 Å². The monoisotopic (exact) mass is 261 g/mol. The number of Topliss-reactive ketones (excluding diaryl/α,β-unsaturated/α-hetero) is 1. The number of ketones is 1. The average molecular weight is 261 g/mol. The molecule has 0 radical (unpaired) electrons. The first kappa shape index (κ1) is 12.9. The van der Waals surface area contributed by atoms with Crippen LogP contribution in [0.2, 0.25) is 0 Å². The van der Waals surface area contributed by atoms with Crippen LogP contribution >= 0.6 is 0 Å². The molecule has 1 saturated carbocycles. The van der Waals surface area contributed by atoms with Gasteiger partial charge in [-0.05, 0) is 44.8 Å². The Hall–Kier alpha value is -1.16. The van der Waals surface area contributed by atoms with Crippen molar-refractivity contribution in [1.29, 1.82) is 0 Å². The molecule has 104 valence electrons. The maximum Gasteiger partial charge on any atom is 0.203 e. The van der Waals surface area contributed by atoms with E-state index in [0.717, 1.165) is 25.9 Å². The Kier molecular flexibility index (Phi) is 3.44. The summed E-state index contributed by atoms with van der Waals surface area (Å²) < 4.78 is 1.73. The Labute approximate surface area is 114 Å². The molecule has 1 aromatic rings. The molecular formula is C15H23N3O. The van der Waals surface area contributed by atoms with Gasteiger partial charge >= 0.3 is 0 Å². The molecule has 0 bridgehead atoms. The molecule has 2 heterocycles. The van der Waals surface area contributed by atoms with Gasteiger partial charge in [0.2, 0.25) is 5.78 Å². The quantitative estimate of drug-likeness (QED) is 0.784. The Morgan fingerprint density at radius 3 is 2.42 bits per heavy atom. The molecule has 1 saturated heterocycles. The van der Waals surface area contributed by atoms with Gasteiger partial charge in [-0.2, -0.15) is 5.10 Å². The van der Waals surface area contributed by atoms with Gasteiger partial charge in [0.05, 0.1) is 5.54 Å². The highest BCUT2D eigenvalue weighted by atomic mass is 16.1. The van der Waals surface area contributed by atoms with Gasteiger partial charge in [-0.25, -0.2) is 0 Å². The van der Waals surface area contributed by atoms with E-state index in [-0.39, 0.29) is 11.3 Å². The molecule has 3 rings (SSSR count). The predicted octanol–water partition coefficient (Wildman–Crippen LogP) is 2.40. The van der Waals surface area contributed by atoms with E-state index in [9.17, 15) is 4.79 Å². The van der Waals surface area contributed by atoms with Crippen molar-refractivity contribution in [3.63, 3.8) is 0 Å². The molecule has 0 aromatic carbocycles. The van der Waals surface area contributed by atoms with Gasteiger partial charge in [-0.1, -0.05) is 19.3 Å². The van der Waals surface area contributed by atoms with E-state index in [0.29, 0.717) is 5.69 Å². The van der Waals surface area contributed by atoms with Crippen LogP contribution in [0.15, 0.2) is 12.3 Å². The third-order valence-corrected chi connectivity index (χ3v) is 4.76. The molecule has 0 N–H and O–H groups in total. The van der Waals surface area contributed by atoms with Crippen LogP contribution in [0, 0.1) is 0 Å². The van der Waals surface area contributed by atoms with Crippen LogP contribution in [0.3, 0.4) is 0 Å². The van der Waals surface area contributed by atoms with Crippen LogP contribution in [-0.2, 0) is 7.05 Å². The third kappa shape index (κ3) is 2.22. The summed E-state index contributed by atoms with van der Waals surface area (Å²) in [6.07, 6.45) is 10.0. The lowest BCUT2D eigenvalue weighted by molar-refractivity contribution is 0.0472. The molecule has 1 aliphatic carbocycles. The van der Waals surface area contributed by atoms with Crippen LogP contribution < -0.4 is 0 Å².